The molecule has 2 aromatic rings. The number of halogens is 1. The molecule has 3 rings (SSSR count). The molecule has 6 heteroatoms. The SMILES string of the molecule is CC(Sc1ccc(Cl)cc1)C(=O)Nc1cccc(CN2CCN(C)CC2)c1. The van der Waals surface area contributed by atoms with E-state index in [1.54, 1.807) is 0 Å². The first-order chi connectivity index (χ1) is 13.0. The van der Waals surface area contributed by atoms with Crippen LogP contribution in [0.3, 0.4) is 0 Å². The molecular weight excluding hydrogens is 378 g/mol. The molecule has 0 spiro atoms. The van der Waals surface area contributed by atoms with Gasteiger partial charge in [-0.25, -0.2) is 0 Å². The van der Waals surface area contributed by atoms with Gasteiger partial charge in [-0.2, -0.15) is 0 Å². The molecule has 1 unspecified atom stereocenters. The molecule has 0 bridgehead atoms. The highest BCUT2D eigenvalue weighted by Gasteiger charge is 2.16. The lowest BCUT2D eigenvalue weighted by molar-refractivity contribution is -0.115. The van der Waals surface area contributed by atoms with Crippen molar-refractivity contribution in [3.05, 3.63) is 59.1 Å². The third-order valence-electron chi connectivity index (χ3n) is 4.69. The Kier molecular flexibility index (Phi) is 7.19. The molecule has 0 aliphatic carbocycles. The van der Waals surface area contributed by atoms with Crippen LogP contribution in [0.4, 0.5) is 5.69 Å². The van der Waals surface area contributed by atoms with Gasteiger partial charge in [0.25, 0.3) is 0 Å². The number of nitrogens with zero attached hydrogens (tertiary/aromatic N) is 2. The number of hydrogen-bond acceptors (Lipinski definition) is 4. The minimum absolute atomic E-state index is 0.00620. The van der Waals surface area contributed by atoms with Crippen LogP contribution >= 0.6 is 23.4 Å². The molecule has 1 fully saturated rings. The van der Waals surface area contributed by atoms with Gasteiger partial charge < -0.3 is 10.2 Å². The Hall–Kier alpha value is -1.53. The second kappa shape index (κ2) is 9.60. The van der Waals surface area contributed by atoms with Gasteiger partial charge in [0.05, 0.1) is 5.25 Å². The summed E-state index contributed by atoms with van der Waals surface area (Å²) in [6.07, 6.45) is 0. The molecule has 1 atom stereocenters. The van der Waals surface area contributed by atoms with Gasteiger partial charge in [-0.15, -0.1) is 11.8 Å². The van der Waals surface area contributed by atoms with E-state index >= 15 is 0 Å². The molecule has 1 amide bonds. The number of piperazine rings is 1. The van der Waals surface area contributed by atoms with E-state index < -0.39 is 0 Å². The summed E-state index contributed by atoms with van der Waals surface area (Å²) in [7, 11) is 2.16. The Morgan fingerprint density at radius 2 is 1.85 bits per heavy atom. The zero-order chi connectivity index (χ0) is 19.2. The van der Waals surface area contributed by atoms with Crippen molar-refractivity contribution in [2.45, 2.75) is 23.6 Å². The third kappa shape index (κ3) is 6.25. The summed E-state index contributed by atoms with van der Waals surface area (Å²) in [6, 6.07) is 15.7. The summed E-state index contributed by atoms with van der Waals surface area (Å²) >= 11 is 7.44. The third-order valence-corrected chi connectivity index (χ3v) is 6.06. The summed E-state index contributed by atoms with van der Waals surface area (Å²) in [5, 5.41) is 3.56. The Balaban J connectivity index is 1.55. The minimum Gasteiger partial charge on any atom is -0.325 e. The average Bonchev–Trinajstić information content (AvgIpc) is 2.66. The Labute approximate surface area is 170 Å². The fourth-order valence-electron chi connectivity index (χ4n) is 3.03. The summed E-state index contributed by atoms with van der Waals surface area (Å²) in [5.74, 6) is 0.00620. The smallest absolute Gasteiger partial charge is 0.237 e. The summed E-state index contributed by atoms with van der Waals surface area (Å²) < 4.78 is 0. The Bertz CT molecular complexity index is 760. The molecule has 144 valence electrons. The number of nitrogens with one attached hydrogen (secondary N) is 1. The number of carbonyl (C=O) groups is 1. The highest BCUT2D eigenvalue weighted by atomic mass is 35.5. The maximum atomic E-state index is 12.5. The normalized spacial score (nSPS) is 16.9. The molecular formula is C21H26ClN3OS. The van der Waals surface area contributed by atoms with Crippen LogP contribution in [0.1, 0.15) is 12.5 Å². The first-order valence-electron chi connectivity index (χ1n) is 9.22. The van der Waals surface area contributed by atoms with Crippen LogP contribution in [0.15, 0.2) is 53.4 Å². The zero-order valence-corrected chi connectivity index (χ0v) is 17.4. The van der Waals surface area contributed by atoms with E-state index in [2.05, 4.69) is 34.3 Å². The fourth-order valence-corrected chi connectivity index (χ4v) is 4.02. The first-order valence-corrected chi connectivity index (χ1v) is 10.5. The molecule has 0 radical (unpaired) electrons. The summed E-state index contributed by atoms with van der Waals surface area (Å²) in [4.78, 5) is 18.4. The van der Waals surface area contributed by atoms with Gasteiger partial charge in [0, 0.05) is 48.3 Å². The van der Waals surface area contributed by atoms with Gasteiger partial charge in [0.1, 0.15) is 0 Å². The highest BCUT2D eigenvalue weighted by molar-refractivity contribution is 8.00. The topological polar surface area (TPSA) is 35.6 Å². The van der Waals surface area contributed by atoms with Crippen molar-refractivity contribution >= 4 is 35.0 Å². The van der Waals surface area contributed by atoms with Crippen molar-refractivity contribution in [3.8, 4) is 0 Å². The lowest BCUT2D eigenvalue weighted by Crippen LogP contribution is -2.43. The van der Waals surface area contributed by atoms with Crippen LogP contribution in [-0.2, 0) is 11.3 Å². The maximum Gasteiger partial charge on any atom is 0.237 e. The molecule has 27 heavy (non-hydrogen) atoms. The van der Waals surface area contributed by atoms with E-state index in [1.807, 2.05) is 43.3 Å². The van der Waals surface area contributed by atoms with E-state index in [-0.39, 0.29) is 11.2 Å². The van der Waals surface area contributed by atoms with Crippen molar-refractivity contribution in [2.24, 2.45) is 0 Å². The van der Waals surface area contributed by atoms with Crippen LogP contribution in [0.2, 0.25) is 5.02 Å². The number of anilines is 1. The maximum absolute atomic E-state index is 12.5. The number of thioether (sulfide) groups is 1. The number of benzene rings is 2. The minimum atomic E-state index is -0.188. The number of amides is 1. The van der Waals surface area contributed by atoms with Gasteiger partial charge in [-0.3, -0.25) is 9.69 Å². The largest absolute Gasteiger partial charge is 0.325 e. The van der Waals surface area contributed by atoms with Crippen LogP contribution in [0, 0.1) is 0 Å². The van der Waals surface area contributed by atoms with Crippen molar-refractivity contribution in [3.63, 3.8) is 0 Å². The molecule has 1 aliphatic heterocycles. The van der Waals surface area contributed by atoms with Gasteiger partial charge in [-0.1, -0.05) is 23.7 Å². The average molecular weight is 404 g/mol. The second-order valence-corrected chi connectivity index (χ2v) is 8.83. The van der Waals surface area contributed by atoms with E-state index in [4.69, 9.17) is 11.6 Å². The molecule has 0 saturated carbocycles. The molecule has 1 aliphatic rings. The van der Waals surface area contributed by atoms with Crippen LogP contribution < -0.4 is 5.32 Å². The van der Waals surface area contributed by atoms with E-state index in [0.717, 1.165) is 43.3 Å². The van der Waals surface area contributed by atoms with Gasteiger partial charge in [0.2, 0.25) is 5.91 Å². The van der Waals surface area contributed by atoms with E-state index in [0.29, 0.717) is 5.02 Å². The number of rotatable bonds is 6. The Morgan fingerprint density at radius 3 is 2.56 bits per heavy atom. The van der Waals surface area contributed by atoms with Gasteiger partial charge in [-0.05, 0) is 55.9 Å². The second-order valence-electron chi connectivity index (χ2n) is 6.98. The fraction of sp³-hybridized carbons (Fsp3) is 0.381. The van der Waals surface area contributed by atoms with Crippen LogP contribution in [0.5, 0.6) is 0 Å². The monoisotopic (exact) mass is 403 g/mol. The summed E-state index contributed by atoms with van der Waals surface area (Å²) in [6.45, 7) is 7.23. The van der Waals surface area contributed by atoms with Crippen LogP contribution in [-0.4, -0.2) is 54.2 Å². The predicted molar refractivity (Wildman–Crippen MR) is 115 cm³/mol. The lowest BCUT2D eigenvalue weighted by Gasteiger charge is -2.32. The highest BCUT2D eigenvalue weighted by Crippen LogP contribution is 2.25. The Morgan fingerprint density at radius 1 is 1.15 bits per heavy atom. The summed E-state index contributed by atoms with van der Waals surface area (Å²) in [5.41, 5.74) is 2.09. The zero-order valence-electron chi connectivity index (χ0n) is 15.8. The van der Waals surface area contributed by atoms with E-state index in [1.165, 1.54) is 17.3 Å². The van der Waals surface area contributed by atoms with Crippen LogP contribution in [0.25, 0.3) is 0 Å². The van der Waals surface area contributed by atoms with Gasteiger partial charge >= 0.3 is 0 Å². The predicted octanol–water partition coefficient (Wildman–Crippen LogP) is 4.21. The van der Waals surface area contributed by atoms with Crippen molar-refractivity contribution in [2.75, 3.05) is 38.5 Å². The number of likely N-dealkylation sites (N-methyl/N-ethyl adjacent to an activating group) is 1. The van der Waals surface area contributed by atoms with Crippen molar-refractivity contribution in [1.82, 2.24) is 9.80 Å². The molecule has 1 heterocycles. The first kappa shape index (κ1) is 20.2. The standard InChI is InChI=1S/C21H26ClN3OS/c1-16(27-20-8-6-18(22)7-9-20)21(26)23-19-5-3-4-17(14-19)15-25-12-10-24(2)11-13-25/h3-9,14,16H,10-13,15H2,1-2H3,(H,23,26). The van der Waals surface area contributed by atoms with Crippen molar-refractivity contribution < 1.29 is 4.79 Å². The van der Waals surface area contributed by atoms with E-state index in [9.17, 15) is 4.79 Å². The van der Waals surface area contributed by atoms with Crippen molar-refractivity contribution in [1.29, 1.82) is 0 Å². The lowest BCUT2D eigenvalue weighted by atomic mass is 10.1. The molecule has 1 N–H and O–H groups in total. The molecule has 2 aromatic carbocycles. The molecule has 4 nitrogen and oxygen atoms in total. The number of hydrogen-bond donors (Lipinski definition) is 1. The van der Waals surface area contributed by atoms with Gasteiger partial charge in [0.15, 0.2) is 0 Å². The number of carbonyl (C=O) groups excluding carboxylic acids is 1. The quantitative estimate of drug-likeness (QED) is 0.733. The molecule has 0 aromatic heterocycles. The molecule has 1 saturated heterocycles.